The van der Waals surface area contributed by atoms with Crippen LogP contribution in [0.15, 0.2) is 46.3 Å². The number of amides is 2. The SMILES string of the molecule is COc1cc(C=C2SC(=NC3CCCCC3)N(C3CCCCC3)C2=O)cc(I)c1OCC(=O)Nc1ccc(F)cc1. The van der Waals surface area contributed by atoms with Crippen LogP contribution in [0.1, 0.15) is 69.8 Å². The summed E-state index contributed by atoms with van der Waals surface area (Å²) >= 11 is 3.63. The van der Waals surface area contributed by atoms with Gasteiger partial charge in [0.2, 0.25) is 0 Å². The van der Waals surface area contributed by atoms with Gasteiger partial charge in [0.25, 0.3) is 11.8 Å². The van der Waals surface area contributed by atoms with Crippen LogP contribution in [0.4, 0.5) is 10.1 Å². The van der Waals surface area contributed by atoms with Crippen molar-refractivity contribution in [3.05, 3.63) is 56.3 Å². The number of benzene rings is 2. The van der Waals surface area contributed by atoms with E-state index >= 15 is 0 Å². The molecule has 0 spiro atoms. The maximum absolute atomic E-state index is 13.7. The summed E-state index contributed by atoms with van der Waals surface area (Å²) < 4.78 is 25.3. The van der Waals surface area contributed by atoms with Gasteiger partial charge in [0, 0.05) is 11.7 Å². The first-order valence-corrected chi connectivity index (χ1v) is 16.2. The summed E-state index contributed by atoms with van der Waals surface area (Å²) in [5.41, 5.74) is 1.30. The average Bonchev–Trinajstić information content (AvgIpc) is 3.28. The van der Waals surface area contributed by atoms with Crippen molar-refractivity contribution < 1.29 is 23.5 Å². The number of carbonyl (C=O) groups is 2. The largest absolute Gasteiger partial charge is 0.493 e. The van der Waals surface area contributed by atoms with Crippen LogP contribution in [-0.4, -0.2) is 47.7 Å². The lowest BCUT2D eigenvalue weighted by Gasteiger charge is -2.31. The highest BCUT2D eigenvalue weighted by molar-refractivity contribution is 14.1. The van der Waals surface area contributed by atoms with Crippen molar-refractivity contribution in [3.8, 4) is 11.5 Å². The monoisotopic (exact) mass is 691 g/mol. The van der Waals surface area contributed by atoms with Crippen LogP contribution in [0.5, 0.6) is 11.5 Å². The lowest BCUT2D eigenvalue weighted by Crippen LogP contribution is -2.41. The van der Waals surface area contributed by atoms with Gasteiger partial charge < -0.3 is 14.8 Å². The van der Waals surface area contributed by atoms with Crippen LogP contribution in [0.3, 0.4) is 0 Å². The maximum Gasteiger partial charge on any atom is 0.266 e. The van der Waals surface area contributed by atoms with Gasteiger partial charge in [-0.3, -0.25) is 19.5 Å². The number of thioether (sulfide) groups is 1. The van der Waals surface area contributed by atoms with Crippen LogP contribution >= 0.6 is 34.4 Å². The predicted octanol–water partition coefficient (Wildman–Crippen LogP) is 7.39. The van der Waals surface area contributed by atoms with E-state index in [0.29, 0.717) is 28.1 Å². The van der Waals surface area contributed by atoms with Crippen molar-refractivity contribution in [1.82, 2.24) is 4.90 Å². The smallest absolute Gasteiger partial charge is 0.266 e. The lowest BCUT2D eigenvalue weighted by molar-refractivity contribution is -0.124. The number of nitrogens with zero attached hydrogens (tertiary/aromatic N) is 2. The van der Waals surface area contributed by atoms with Gasteiger partial charge in [0.05, 0.1) is 21.6 Å². The number of rotatable bonds is 8. The summed E-state index contributed by atoms with van der Waals surface area (Å²) in [7, 11) is 1.54. The van der Waals surface area contributed by atoms with Gasteiger partial charge in [-0.2, -0.15) is 0 Å². The molecular weight excluding hydrogens is 656 g/mol. The minimum atomic E-state index is -0.374. The van der Waals surface area contributed by atoms with Gasteiger partial charge in [-0.15, -0.1) is 0 Å². The number of hydrogen-bond donors (Lipinski definition) is 1. The van der Waals surface area contributed by atoms with Crippen LogP contribution in [0, 0.1) is 9.39 Å². The molecule has 41 heavy (non-hydrogen) atoms. The number of ether oxygens (including phenoxy) is 2. The molecule has 10 heteroatoms. The number of methoxy groups -OCH3 is 1. The molecular formula is C31H35FIN3O4S. The fourth-order valence-corrected chi connectivity index (χ4v) is 7.48. The number of anilines is 1. The van der Waals surface area contributed by atoms with Gasteiger partial charge >= 0.3 is 0 Å². The Kier molecular flexibility index (Phi) is 10.2. The van der Waals surface area contributed by atoms with Crippen molar-refractivity contribution in [1.29, 1.82) is 0 Å². The molecule has 2 aliphatic carbocycles. The number of amidine groups is 1. The highest BCUT2D eigenvalue weighted by Gasteiger charge is 2.39. The van der Waals surface area contributed by atoms with Crippen molar-refractivity contribution in [3.63, 3.8) is 0 Å². The number of carbonyl (C=O) groups excluding carboxylic acids is 2. The third-order valence-corrected chi connectivity index (χ3v) is 9.47. The standard InChI is InChI=1S/C31H35FIN3O4S/c1-39-26-17-20(16-25(33)29(26)40-19-28(37)34-23-14-12-21(32)13-15-23)18-27-30(38)36(24-10-6-3-7-11-24)31(41-27)35-22-8-4-2-5-9-22/h12-18,22,24H,2-11,19H2,1H3,(H,34,37). The number of nitrogens with one attached hydrogen (secondary N) is 1. The Morgan fingerprint density at radius 3 is 2.46 bits per heavy atom. The van der Waals surface area contributed by atoms with Crippen molar-refractivity contribution in [2.75, 3.05) is 19.0 Å². The summed E-state index contributed by atoms with van der Waals surface area (Å²) in [6.07, 6.45) is 13.3. The van der Waals surface area contributed by atoms with Gasteiger partial charge in [0.15, 0.2) is 23.3 Å². The minimum absolute atomic E-state index is 0.0308. The first-order chi connectivity index (χ1) is 19.9. The number of halogens is 2. The Morgan fingerprint density at radius 1 is 1.10 bits per heavy atom. The molecule has 7 nitrogen and oxygen atoms in total. The molecule has 2 amide bonds. The molecule has 1 aliphatic heterocycles. The van der Waals surface area contributed by atoms with Gasteiger partial charge in [-0.1, -0.05) is 38.5 Å². The average molecular weight is 692 g/mol. The van der Waals surface area contributed by atoms with E-state index < -0.39 is 0 Å². The molecule has 2 saturated carbocycles. The third-order valence-electron chi connectivity index (χ3n) is 7.67. The molecule has 1 saturated heterocycles. The van der Waals surface area contributed by atoms with Crippen LogP contribution < -0.4 is 14.8 Å². The van der Waals surface area contributed by atoms with E-state index in [0.717, 1.165) is 52.8 Å². The van der Waals surface area contributed by atoms with Crippen molar-refractivity contribution in [2.45, 2.75) is 76.3 Å². The summed E-state index contributed by atoms with van der Waals surface area (Å²) in [5.74, 6) is 0.192. The zero-order valence-corrected chi connectivity index (χ0v) is 26.1. The van der Waals surface area contributed by atoms with E-state index in [-0.39, 0.29) is 30.3 Å². The molecule has 218 valence electrons. The molecule has 0 aromatic heterocycles. The molecule has 3 aliphatic rings. The molecule has 1 N–H and O–H groups in total. The Labute approximate surface area is 258 Å². The zero-order valence-electron chi connectivity index (χ0n) is 23.2. The summed E-state index contributed by atoms with van der Waals surface area (Å²) in [6, 6.07) is 9.78. The zero-order chi connectivity index (χ0) is 28.8. The fraction of sp³-hybridized carbons (Fsp3) is 0.452. The lowest BCUT2D eigenvalue weighted by atomic mass is 9.94. The van der Waals surface area contributed by atoms with E-state index in [1.165, 1.54) is 61.7 Å². The van der Waals surface area contributed by atoms with E-state index in [4.69, 9.17) is 14.5 Å². The number of aliphatic imine (C=N–C) groups is 1. The van der Waals surface area contributed by atoms with Gasteiger partial charge in [-0.25, -0.2) is 4.39 Å². The minimum Gasteiger partial charge on any atom is -0.493 e. The molecule has 3 fully saturated rings. The molecule has 0 bridgehead atoms. The van der Waals surface area contributed by atoms with Gasteiger partial charge in [0.1, 0.15) is 5.82 Å². The highest BCUT2D eigenvalue weighted by Crippen LogP contribution is 2.40. The highest BCUT2D eigenvalue weighted by atomic mass is 127. The summed E-state index contributed by atoms with van der Waals surface area (Å²) in [6.45, 7) is -0.240. The van der Waals surface area contributed by atoms with Crippen molar-refractivity contribution in [2.24, 2.45) is 4.99 Å². The Morgan fingerprint density at radius 2 is 1.78 bits per heavy atom. The van der Waals surface area contributed by atoms with Crippen LogP contribution in [0.25, 0.3) is 6.08 Å². The fourth-order valence-electron chi connectivity index (χ4n) is 5.59. The molecule has 5 rings (SSSR count). The van der Waals surface area contributed by atoms with Gasteiger partial charge in [-0.05, 0) is 108 Å². The molecule has 0 atom stereocenters. The first kappa shape index (κ1) is 29.9. The quantitative estimate of drug-likeness (QED) is 0.231. The molecule has 1 heterocycles. The van der Waals surface area contributed by atoms with E-state index in [1.54, 1.807) is 7.11 Å². The summed E-state index contributed by atoms with van der Waals surface area (Å²) in [4.78, 5) is 33.9. The molecule has 0 unspecified atom stereocenters. The molecule has 0 radical (unpaired) electrons. The molecule has 2 aromatic carbocycles. The Balaban J connectivity index is 1.33. The predicted molar refractivity (Wildman–Crippen MR) is 170 cm³/mol. The third kappa shape index (κ3) is 7.63. The van der Waals surface area contributed by atoms with E-state index in [9.17, 15) is 14.0 Å². The van der Waals surface area contributed by atoms with Crippen LogP contribution in [-0.2, 0) is 9.59 Å². The van der Waals surface area contributed by atoms with E-state index in [2.05, 4.69) is 27.9 Å². The second-order valence-electron chi connectivity index (χ2n) is 10.7. The second-order valence-corrected chi connectivity index (χ2v) is 12.8. The van der Waals surface area contributed by atoms with E-state index in [1.807, 2.05) is 23.1 Å². The Bertz CT molecular complexity index is 1320. The normalized spacial score (nSPS) is 20.6. The number of hydrogen-bond acceptors (Lipinski definition) is 6. The van der Waals surface area contributed by atoms with Crippen molar-refractivity contribution >= 4 is 63.1 Å². The topological polar surface area (TPSA) is 80.2 Å². The summed E-state index contributed by atoms with van der Waals surface area (Å²) in [5, 5.41) is 3.54. The first-order valence-electron chi connectivity index (χ1n) is 14.3. The Hall–Kier alpha value is -2.60. The second kappa shape index (κ2) is 14.0. The van der Waals surface area contributed by atoms with Crippen LogP contribution in [0.2, 0.25) is 0 Å². The molecule has 2 aromatic rings. The maximum atomic E-state index is 13.7.